The lowest BCUT2D eigenvalue weighted by molar-refractivity contribution is -0.162. The fourth-order valence-corrected chi connectivity index (χ4v) is 4.48. The lowest BCUT2D eigenvalue weighted by Gasteiger charge is -2.42. The second-order valence-electron chi connectivity index (χ2n) is 7.45. The first kappa shape index (κ1) is 16.3. The molecular weight excluding hydrogens is 342 g/mol. The highest BCUT2D eigenvalue weighted by Crippen LogP contribution is 2.51. The zero-order valence-corrected chi connectivity index (χ0v) is 14.7. The molecule has 1 amide bonds. The van der Waals surface area contributed by atoms with Gasteiger partial charge in [0.05, 0.1) is 17.8 Å². The number of pyridine rings is 1. The summed E-state index contributed by atoms with van der Waals surface area (Å²) in [6, 6.07) is 14.0. The van der Waals surface area contributed by atoms with Crippen molar-refractivity contribution in [1.29, 1.82) is 5.26 Å². The molecule has 2 aliphatic heterocycles. The molecule has 5 rings (SSSR count). The van der Waals surface area contributed by atoms with Crippen LogP contribution >= 0.6 is 0 Å². The molecule has 1 saturated carbocycles. The molecule has 3 aliphatic rings. The van der Waals surface area contributed by atoms with Crippen LogP contribution in [0.2, 0.25) is 0 Å². The van der Waals surface area contributed by atoms with E-state index < -0.39 is 5.60 Å². The summed E-state index contributed by atoms with van der Waals surface area (Å²) < 4.78 is 12.1. The molecule has 0 radical (unpaired) electrons. The lowest BCUT2D eigenvalue weighted by atomic mass is 9.76. The number of ether oxygens (including phenoxy) is 2. The summed E-state index contributed by atoms with van der Waals surface area (Å²) in [6.07, 6.45) is 5.74. The highest BCUT2D eigenvalue weighted by Gasteiger charge is 2.63. The van der Waals surface area contributed by atoms with Crippen LogP contribution in [0.5, 0.6) is 5.75 Å². The van der Waals surface area contributed by atoms with E-state index in [1.807, 2.05) is 23.1 Å². The van der Waals surface area contributed by atoms with Crippen molar-refractivity contribution in [1.82, 2.24) is 9.88 Å². The quantitative estimate of drug-likeness (QED) is 0.840. The van der Waals surface area contributed by atoms with Gasteiger partial charge in [-0.05, 0) is 18.4 Å². The monoisotopic (exact) mass is 361 g/mol. The van der Waals surface area contributed by atoms with E-state index in [2.05, 4.69) is 23.2 Å². The van der Waals surface area contributed by atoms with Gasteiger partial charge in [-0.15, -0.1) is 0 Å². The Labute approximate surface area is 157 Å². The molecule has 6 heteroatoms. The van der Waals surface area contributed by atoms with Crippen LogP contribution in [-0.2, 0) is 9.53 Å². The third-order valence-electron chi connectivity index (χ3n) is 5.76. The third kappa shape index (κ3) is 2.58. The minimum Gasteiger partial charge on any atom is -0.489 e. The molecule has 3 heterocycles. The Balaban J connectivity index is 1.28. The number of carbonyl (C=O) groups is 1. The molecule has 0 N–H and O–H groups in total. The Morgan fingerprint density at radius 2 is 2.04 bits per heavy atom. The maximum absolute atomic E-state index is 13.2. The maximum Gasteiger partial charge on any atom is 0.257 e. The number of aromatic nitrogens is 1. The van der Waals surface area contributed by atoms with Gasteiger partial charge in [-0.3, -0.25) is 9.78 Å². The van der Waals surface area contributed by atoms with Gasteiger partial charge in [0.25, 0.3) is 5.91 Å². The number of hydrogen-bond acceptors (Lipinski definition) is 5. The van der Waals surface area contributed by atoms with Crippen molar-refractivity contribution in [3.63, 3.8) is 0 Å². The molecule has 3 fully saturated rings. The van der Waals surface area contributed by atoms with Gasteiger partial charge in [0.15, 0.2) is 5.60 Å². The number of amides is 1. The molecular formula is C21H19N3O3. The van der Waals surface area contributed by atoms with Gasteiger partial charge in [0, 0.05) is 25.1 Å². The van der Waals surface area contributed by atoms with E-state index in [0.717, 1.165) is 12.8 Å². The van der Waals surface area contributed by atoms with Gasteiger partial charge in [0.2, 0.25) is 0 Å². The van der Waals surface area contributed by atoms with E-state index in [1.54, 1.807) is 12.3 Å². The van der Waals surface area contributed by atoms with Crippen LogP contribution in [0.15, 0.2) is 48.8 Å². The summed E-state index contributed by atoms with van der Waals surface area (Å²) in [5.41, 5.74) is 0.880. The molecule has 2 saturated heterocycles. The number of rotatable bonds is 3. The van der Waals surface area contributed by atoms with Gasteiger partial charge in [-0.25, -0.2) is 0 Å². The Bertz CT molecular complexity index is 918. The first-order valence-electron chi connectivity index (χ1n) is 9.26. The van der Waals surface area contributed by atoms with E-state index in [0.29, 0.717) is 24.2 Å². The molecule has 0 unspecified atom stereocenters. The second kappa shape index (κ2) is 6.07. The fourth-order valence-electron chi connectivity index (χ4n) is 4.48. The van der Waals surface area contributed by atoms with Gasteiger partial charge in [0.1, 0.15) is 24.2 Å². The van der Waals surface area contributed by atoms with Crippen LogP contribution in [0.1, 0.15) is 42.9 Å². The van der Waals surface area contributed by atoms with Crippen LogP contribution in [-0.4, -0.2) is 33.7 Å². The molecule has 2 atom stereocenters. The molecule has 0 bridgehead atoms. The van der Waals surface area contributed by atoms with Gasteiger partial charge in [-0.2, -0.15) is 5.26 Å². The predicted molar refractivity (Wildman–Crippen MR) is 95.5 cm³/mol. The summed E-state index contributed by atoms with van der Waals surface area (Å²) >= 11 is 0. The topological polar surface area (TPSA) is 75.5 Å². The molecule has 6 nitrogen and oxygen atoms in total. The average molecular weight is 361 g/mol. The minimum absolute atomic E-state index is 0.0857. The van der Waals surface area contributed by atoms with Crippen molar-refractivity contribution in [3.8, 4) is 11.8 Å². The SMILES string of the molecule is N#Cc1cncc(OC2CC3(C2)O[C@@H]2CC[C@@H](c4ccccc4)N2C3=O)c1. The molecule has 136 valence electrons. The zero-order valence-electron chi connectivity index (χ0n) is 14.7. The number of benzene rings is 1. The summed E-state index contributed by atoms with van der Waals surface area (Å²) in [5.74, 6) is 0.643. The molecule has 1 aromatic heterocycles. The van der Waals surface area contributed by atoms with Gasteiger partial charge < -0.3 is 14.4 Å². The summed E-state index contributed by atoms with van der Waals surface area (Å²) in [6.45, 7) is 0. The highest BCUT2D eigenvalue weighted by molar-refractivity contribution is 5.89. The number of hydrogen-bond donors (Lipinski definition) is 0. The van der Waals surface area contributed by atoms with Gasteiger partial charge >= 0.3 is 0 Å². The average Bonchev–Trinajstić information content (AvgIpc) is 3.21. The zero-order chi connectivity index (χ0) is 18.4. The fraction of sp³-hybridized carbons (Fsp3) is 0.381. The first-order valence-corrected chi connectivity index (χ1v) is 9.26. The van der Waals surface area contributed by atoms with E-state index in [4.69, 9.17) is 14.7 Å². The van der Waals surface area contributed by atoms with Crippen molar-refractivity contribution in [3.05, 3.63) is 59.9 Å². The number of nitriles is 1. The van der Waals surface area contributed by atoms with Crippen molar-refractivity contribution in [2.75, 3.05) is 0 Å². The Hall–Kier alpha value is -2.91. The van der Waals surface area contributed by atoms with Gasteiger partial charge in [-0.1, -0.05) is 30.3 Å². The smallest absolute Gasteiger partial charge is 0.257 e. The molecule has 27 heavy (non-hydrogen) atoms. The van der Waals surface area contributed by atoms with Crippen LogP contribution in [0.25, 0.3) is 0 Å². The standard InChI is InChI=1S/C21H19N3O3/c22-11-14-8-16(13-23-12-14)26-17-9-21(10-17)20(25)24-18(6-7-19(24)27-21)15-4-2-1-3-5-15/h1-5,8,12-13,17-19H,6-7,9-10H2/t17?,18-,19+,21?/m0/s1. The lowest BCUT2D eigenvalue weighted by Crippen LogP contribution is -2.56. The van der Waals surface area contributed by atoms with Crippen molar-refractivity contribution in [2.24, 2.45) is 0 Å². The number of carbonyl (C=O) groups excluding carboxylic acids is 1. The Morgan fingerprint density at radius 1 is 1.22 bits per heavy atom. The van der Waals surface area contributed by atoms with Crippen molar-refractivity contribution < 1.29 is 14.3 Å². The van der Waals surface area contributed by atoms with Crippen LogP contribution in [0.3, 0.4) is 0 Å². The first-order chi connectivity index (χ1) is 13.2. The Morgan fingerprint density at radius 3 is 2.81 bits per heavy atom. The predicted octanol–water partition coefficient (Wildman–Crippen LogP) is 2.95. The molecule has 1 spiro atoms. The largest absolute Gasteiger partial charge is 0.489 e. The van der Waals surface area contributed by atoms with E-state index >= 15 is 0 Å². The van der Waals surface area contributed by atoms with Crippen LogP contribution < -0.4 is 4.74 Å². The summed E-state index contributed by atoms with van der Waals surface area (Å²) in [4.78, 5) is 19.1. The summed E-state index contributed by atoms with van der Waals surface area (Å²) in [7, 11) is 0. The molecule has 1 aromatic carbocycles. The minimum atomic E-state index is -0.747. The normalized spacial score (nSPS) is 31.4. The van der Waals surface area contributed by atoms with Crippen molar-refractivity contribution in [2.45, 2.75) is 49.7 Å². The van der Waals surface area contributed by atoms with E-state index in [9.17, 15) is 4.79 Å². The highest BCUT2D eigenvalue weighted by atomic mass is 16.6. The maximum atomic E-state index is 13.2. The van der Waals surface area contributed by atoms with Crippen molar-refractivity contribution >= 4 is 5.91 Å². The molecule has 1 aliphatic carbocycles. The third-order valence-corrected chi connectivity index (χ3v) is 5.76. The number of nitrogens with zero attached hydrogens (tertiary/aromatic N) is 3. The van der Waals surface area contributed by atoms with Crippen LogP contribution in [0.4, 0.5) is 0 Å². The van der Waals surface area contributed by atoms with Crippen LogP contribution in [0, 0.1) is 11.3 Å². The van der Waals surface area contributed by atoms with E-state index in [1.165, 1.54) is 11.8 Å². The Kier molecular flexibility index (Phi) is 3.66. The second-order valence-corrected chi connectivity index (χ2v) is 7.45. The molecule has 2 aromatic rings. The summed E-state index contributed by atoms with van der Waals surface area (Å²) in [5, 5.41) is 8.96. The number of fused-ring (bicyclic) bond motifs is 1. The van der Waals surface area contributed by atoms with E-state index in [-0.39, 0.29) is 24.3 Å².